The molecule has 1 fully saturated rings. The van der Waals surface area contributed by atoms with Crippen LogP contribution in [-0.2, 0) is 0 Å². The number of piperazine rings is 1. The number of nitrogens with zero attached hydrogens (tertiary/aromatic N) is 2. The van der Waals surface area contributed by atoms with Gasteiger partial charge in [-0.15, -0.1) is 11.3 Å². The SMILES string of the molecule is O=C(NCCN1CCN(c2ccc(F)cc2)CC1)c1cc2ccccc2s1. The van der Waals surface area contributed by atoms with Gasteiger partial charge in [-0.2, -0.15) is 0 Å². The van der Waals surface area contributed by atoms with Gasteiger partial charge in [-0.05, 0) is 41.8 Å². The summed E-state index contributed by atoms with van der Waals surface area (Å²) in [4.78, 5) is 17.7. The second-order valence-electron chi connectivity index (χ2n) is 6.71. The molecule has 1 aromatic heterocycles. The van der Waals surface area contributed by atoms with E-state index in [1.54, 1.807) is 0 Å². The number of hydrogen-bond donors (Lipinski definition) is 1. The molecule has 0 radical (unpaired) electrons. The summed E-state index contributed by atoms with van der Waals surface area (Å²) >= 11 is 1.53. The van der Waals surface area contributed by atoms with Crippen LogP contribution in [0.4, 0.5) is 10.1 Å². The fourth-order valence-electron chi connectivity index (χ4n) is 3.39. The molecular formula is C21H22FN3OS. The number of rotatable bonds is 5. The van der Waals surface area contributed by atoms with Gasteiger partial charge in [-0.3, -0.25) is 9.69 Å². The Balaban J connectivity index is 1.23. The average molecular weight is 383 g/mol. The van der Waals surface area contributed by atoms with Crippen molar-refractivity contribution in [3.63, 3.8) is 0 Å². The minimum Gasteiger partial charge on any atom is -0.369 e. The Bertz CT molecular complexity index is 884. The fraction of sp³-hybridized carbons (Fsp3) is 0.286. The summed E-state index contributed by atoms with van der Waals surface area (Å²) in [6.07, 6.45) is 0. The van der Waals surface area contributed by atoms with E-state index in [2.05, 4.69) is 15.1 Å². The van der Waals surface area contributed by atoms with Crippen LogP contribution in [0.5, 0.6) is 0 Å². The number of hydrogen-bond acceptors (Lipinski definition) is 4. The number of benzene rings is 2. The largest absolute Gasteiger partial charge is 0.369 e. The van der Waals surface area contributed by atoms with Crippen LogP contribution in [0.1, 0.15) is 9.67 Å². The van der Waals surface area contributed by atoms with Crippen molar-refractivity contribution in [1.82, 2.24) is 10.2 Å². The Hall–Kier alpha value is -2.44. The molecule has 2 heterocycles. The summed E-state index contributed by atoms with van der Waals surface area (Å²) in [7, 11) is 0. The molecule has 0 unspecified atom stereocenters. The van der Waals surface area contributed by atoms with Gasteiger partial charge in [0.25, 0.3) is 5.91 Å². The third kappa shape index (κ3) is 4.28. The van der Waals surface area contributed by atoms with Gasteiger partial charge in [0, 0.05) is 49.7 Å². The average Bonchev–Trinajstić information content (AvgIpc) is 3.14. The van der Waals surface area contributed by atoms with Crippen molar-refractivity contribution < 1.29 is 9.18 Å². The summed E-state index contributed by atoms with van der Waals surface area (Å²) in [5.74, 6) is -0.201. The first-order valence-electron chi connectivity index (χ1n) is 9.19. The molecule has 1 aliphatic rings. The second-order valence-corrected chi connectivity index (χ2v) is 7.79. The van der Waals surface area contributed by atoms with Gasteiger partial charge in [-0.25, -0.2) is 4.39 Å². The van der Waals surface area contributed by atoms with Gasteiger partial charge in [0.15, 0.2) is 0 Å². The molecule has 0 saturated carbocycles. The zero-order valence-corrected chi connectivity index (χ0v) is 15.8. The van der Waals surface area contributed by atoms with E-state index in [1.165, 1.54) is 23.5 Å². The topological polar surface area (TPSA) is 35.6 Å². The maximum Gasteiger partial charge on any atom is 0.261 e. The highest BCUT2D eigenvalue weighted by atomic mass is 32.1. The zero-order chi connectivity index (χ0) is 18.6. The zero-order valence-electron chi connectivity index (χ0n) is 15.0. The van der Waals surface area contributed by atoms with Crippen LogP contribution in [0.3, 0.4) is 0 Å². The van der Waals surface area contributed by atoms with E-state index in [9.17, 15) is 9.18 Å². The fourth-order valence-corrected chi connectivity index (χ4v) is 4.37. The summed E-state index contributed by atoms with van der Waals surface area (Å²) in [6.45, 7) is 5.19. The third-order valence-corrected chi connectivity index (χ3v) is 6.04. The molecule has 0 spiro atoms. The number of halogens is 1. The van der Waals surface area contributed by atoms with E-state index in [-0.39, 0.29) is 11.7 Å². The van der Waals surface area contributed by atoms with Crippen LogP contribution in [-0.4, -0.2) is 50.1 Å². The van der Waals surface area contributed by atoms with E-state index >= 15 is 0 Å². The molecule has 6 heteroatoms. The predicted molar refractivity (Wildman–Crippen MR) is 109 cm³/mol. The van der Waals surface area contributed by atoms with Gasteiger partial charge in [0.05, 0.1) is 4.88 Å². The first kappa shape index (κ1) is 17.9. The lowest BCUT2D eigenvalue weighted by Crippen LogP contribution is -2.48. The number of thiophene rings is 1. The van der Waals surface area contributed by atoms with Gasteiger partial charge in [0.1, 0.15) is 5.82 Å². The number of anilines is 1. The van der Waals surface area contributed by atoms with E-state index in [0.29, 0.717) is 6.54 Å². The third-order valence-electron chi connectivity index (χ3n) is 4.93. The molecule has 140 valence electrons. The Morgan fingerprint density at radius 3 is 2.52 bits per heavy atom. The highest BCUT2D eigenvalue weighted by Crippen LogP contribution is 2.25. The minimum atomic E-state index is -0.202. The molecule has 0 bridgehead atoms. The van der Waals surface area contributed by atoms with Crippen LogP contribution in [0.2, 0.25) is 0 Å². The van der Waals surface area contributed by atoms with Crippen LogP contribution in [0, 0.1) is 5.82 Å². The second kappa shape index (κ2) is 8.06. The monoisotopic (exact) mass is 383 g/mol. The van der Waals surface area contributed by atoms with E-state index in [4.69, 9.17) is 0 Å². The van der Waals surface area contributed by atoms with Crippen molar-refractivity contribution in [3.8, 4) is 0 Å². The Morgan fingerprint density at radius 2 is 1.78 bits per heavy atom. The maximum atomic E-state index is 13.0. The lowest BCUT2D eigenvalue weighted by Gasteiger charge is -2.36. The predicted octanol–water partition coefficient (Wildman–Crippen LogP) is 3.59. The molecule has 0 aliphatic carbocycles. The molecule has 4 rings (SSSR count). The van der Waals surface area contributed by atoms with Gasteiger partial charge in [-0.1, -0.05) is 18.2 Å². The summed E-state index contributed by atoms with van der Waals surface area (Å²) < 4.78 is 14.2. The lowest BCUT2D eigenvalue weighted by molar-refractivity contribution is 0.0952. The molecule has 4 nitrogen and oxygen atoms in total. The van der Waals surface area contributed by atoms with E-state index < -0.39 is 0 Å². The van der Waals surface area contributed by atoms with Gasteiger partial charge < -0.3 is 10.2 Å². The molecule has 1 N–H and O–H groups in total. The molecule has 0 atom stereocenters. The maximum absolute atomic E-state index is 13.0. The quantitative estimate of drug-likeness (QED) is 0.731. The number of amides is 1. The molecule has 2 aromatic carbocycles. The van der Waals surface area contributed by atoms with Crippen molar-refractivity contribution in [2.24, 2.45) is 0 Å². The molecule has 27 heavy (non-hydrogen) atoms. The highest BCUT2D eigenvalue weighted by molar-refractivity contribution is 7.20. The number of nitrogens with one attached hydrogen (secondary N) is 1. The van der Waals surface area contributed by atoms with Crippen LogP contribution in [0.25, 0.3) is 10.1 Å². The van der Waals surface area contributed by atoms with E-state index in [1.807, 2.05) is 42.5 Å². The minimum absolute atomic E-state index is 0.00106. The molecule has 3 aromatic rings. The van der Waals surface area contributed by atoms with Crippen LogP contribution in [0.15, 0.2) is 54.6 Å². The van der Waals surface area contributed by atoms with Crippen LogP contribution >= 0.6 is 11.3 Å². The summed E-state index contributed by atoms with van der Waals surface area (Å²) in [5.41, 5.74) is 1.06. The number of fused-ring (bicyclic) bond motifs is 1. The first-order chi connectivity index (χ1) is 13.2. The van der Waals surface area contributed by atoms with Crippen molar-refractivity contribution in [2.45, 2.75) is 0 Å². The van der Waals surface area contributed by atoms with Gasteiger partial charge >= 0.3 is 0 Å². The smallest absolute Gasteiger partial charge is 0.261 e. The number of carbonyl (C=O) groups excluding carboxylic acids is 1. The van der Waals surface area contributed by atoms with Crippen molar-refractivity contribution in [2.75, 3.05) is 44.2 Å². The normalized spacial score (nSPS) is 15.2. The number of carbonyl (C=O) groups is 1. The van der Waals surface area contributed by atoms with Crippen molar-refractivity contribution in [1.29, 1.82) is 0 Å². The van der Waals surface area contributed by atoms with Crippen molar-refractivity contribution >= 4 is 33.0 Å². The molecule has 1 aliphatic heterocycles. The molecule has 1 amide bonds. The molecular weight excluding hydrogens is 361 g/mol. The molecule has 1 saturated heterocycles. The van der Waals surface area contributed by atoms with E-state index in [0.717, 1.165) is 53.4 Å². The van der Waals surface area contributed by atoms with Crippen molar-refractivity contribution in [3.05, 3.63) is 65.3 Å². The first-order valence-corrected chi connectivity index (χ1v) is 10.0. The van der Waals surface area contributed by atoms with Gasteiger partial charge in [0.2, 0.25) is 0 Å². The summed E-state index contributed by atoms with van der Waals surface area (Å²) in [5, 5.41) is 4.15. The Morgan fingerprint density at radius 1 is 1.04 bits per heavy atom. The Kier molecular flexibility index (Phi) is 5.36. The standard InChI is InChI=1S/C21H22FN3OS/c22-17-5-7-18(8-6-17)25-13-11-24(12-14-25)10-9-23-21(26)20-15-16-3-1-2-4-19(16)27-20/h1-8,15H,9-14H2,(H,23,26). The lowest BCUT2D eigenvalue weighted by atomic mass is 10.2. The Labute approximate surface area is 162 Å². The highest BCUT2D eigenvalue weighted by Gasteiger charge is 2.17. The summed E-state index contributed by atoms with van der Waals surface area (Å²) in [6, 6.07) is 16.7. The van der Waals surface area contributed by atoms with Crippen LogP contribution < -0.4 is 10.2 Å².